The Kier molecular flexibility index (Phi) is 5.65. The van der Waals surface area contributed by atoms with Crippen molar-refractivity contribution in [2.24, 2.45) is 0 Å². The summed E-state index contributed by atoms with van der Waals surface area (Å²) in [5.41, 5.74) is 1.50. The molecule has 0 saturated carbocycles. The first-order valence-corrected chi connectivity index (χ1v) is 8.82. The van der Waals surface area contributed by atoms with E-state index >= 15 is 0 Å². The van der Waals surface area contributed by atoms with Gasteiger partial charge in [-0.15, -0.1) is 0 Å². The van der Waals surface area contributed by atoms with Crippen molar-refractivity contribution in [3.8, 4) is 6.07 Å². The summed E-state index contributed by atoms with van der Waals surface area (Å²) in [6.45, 7) is 2.13. The van der Waals surface area contributed by atoms with Crippen LogP contribution < -0.4 is 0 Å². The number of nitriles is 1. The van der Waals surface area contributed by atoms with Gasteiger partial charge in [-0.3, -0.25) is 9.69 Å². The van der Waals surface area contributed by atoms with E-state index < -0.39 is 0 Å². The number of carbonyl (C=O) groups is 1. The first kappa shape index (κ1) is 18.1. The molecule has 1 heterocycles. The zero-order valence-corrected chi connectivity index (χ0v) is 14.9. The Bertz CT molecular complexity index is 830. The van der Waals surface area contributed by atoms with E-state index in [4.69, 9.17) is 0 Å². The van der Waals surface area contributed by atoms with Gasteiger partial charge in [-0.1, -0.05) is 30.3 Å². The van der Waals surface area contributed by atoms with Crippen LogP contribution in [0.4, 0.5) is 4.39 Å². The minimum atomic E-state index is -0.193. The maximum atomic E-state index is 13.9. The van der Waals surface area contributed by atoms with Crippen molar-refractivity contribution < 1.29 is 9.18 Å². The van der Waals surface area contributed by atoms with Crippen molar-refractivity contribution in [2.75, 3.05) is 20.1 Å². The molecule has 2 aromatic carbocycles. The number of likely N-dealkylation sites (N-methyl/N-ethyl adjacent to an activating group) is 1. The largest absolute Gasteiger partial charge is 0.337 e. The molecule has 0 aromatic heterocycles. The summed E-state index contributed by atoms with van der Waals surface area (Å²) in [6.07, 6.45) is 1.86. The molecule has 134 valence electrons. The van der Waals surface area contributed by atoms with E-state index in [1.54, 1.807) is 48.3 Å². The zero-order chi connectivity index (χ0) is 18.5. The number of halogens is 1. The quantitative estimate of drug-likeness (QED) is 0.848. The number of likely N-dealkylation sites (tertiary alicyclic amines) is 1. The summed E-state index contributed by atoms with van der Waals surface area (Å²) in [5, 5.41) is 9.23. The molecule has 0 radical (unpaired) electrons. The van der Waals surface area contributed by atoms with Crippen LogP contribution in [0.15, 0.2) is 48.5 Å². The SMILES string of the molecule is CN(C(=O)c1ccccc1C#N)[C@H]1CCCN(Cc2ccccc2F)C1. The standard InChI is InChI=1S/C21H22FN3O/c1-24(21(26)19-10-4-2-7-16(19)13-23)18-9-6-12-25(15-18)14-17-8-3-5-11-20(17)22/h2-5,7-8,10-11,18H,6,9,12,14-15H2,1H3/t18-/m0/s1. The molecule has 1 aliphatic rings. The minimum Gasteiger partial charge on any atom is -0.337 e. The number of nitrogens with zero attached hydrogens (tertiary/aromatic N) is 3. The van der Waals surface area contributed by atoms with Gasteiger partial charge < -0.3 is 4.90 Å². The number of hydrogen-bond acceptors (Lipinski definition) is 3. The number of benzene rings is 2. The zero-order valence-electron chi connectivity index (χ0n) is 14.9. The van der Waals surface area contributed by atoms with Crippen molar-refractivity contribution >= 4 is 5.91 Å². The third-order valence-electron chi connectivity index (χ3n) is 4.98. The second-order valence-electron chi connectivity index (χ2n) is 6.70. The van der Waals surface area contributed by atoms with Crippen molar-refractivity contribution in [1.82, 2.24) is 9.80 Å². The van der Waals surface area contributed by atoms with Crippen molar-refractivity contribution in [3.63, 3.8) is 0 Å². The fourth-order valence-electron chi connectivity index (χ4n) is 3.48. The lowest BCUT2D eigenvalue weighted by atomic mass is 10.0. The predicted octanol–water partition coefficient (Wildman–Crippen LogP) is 3.43. The van der Waals surface area contributed by atoms with Crippen LogP contribution in [0.3, 0.4) is 0 Å². The molecule has 0 bridgehead atoms. The topological polar surface area (TPSA) is 47.3 Å². The van der Waals surface area contributed by atoms with E-state index in [1.807, 2.05) is 6.07 Å². The summed E-state index contributed by atoms with van der Waals surface area (Å²) in [7, 11) is 1.79. The second-order valence-corrected chi connectivity index (χ2v) is 6.70. The lowest BCUT2D eigenvalue weighted by molar-refractivity contribution is 0.0607. The van der Waals surface area contributed by atoms with Crippen molar-refractivity contribution in [3.05, 3.63) is 71.0 Å². The summed E-state index contributed by atoms with van der Waals surface area (Å²) in [5.74, 6) is -0.332. The highest BCUT2D eigenvalue weighted by Gasteiger charge is 2.28. The molecular weight excluding hydrogens is 329 g/mol. The fourth-order valence-corrected chi connectivity index (χ4v) is 3.48. The Balaban J connectivity index is 1.70. The van der Waals surface area contributed by atoms with Crippen LogP contribution >= 0.6 is 0 Å². The Morgan fingerprint density at radius 3 is 2.77 bits per heavy atom. The smallest absolute Gasteiger partial charge is 0.255 e. The molecule has 5 heteroatoms. The Hall–Kier alpha value is -2.71. The molecule has 1 atom stereocenters. The highest BCUT2D eigenvalue weighted by molar-refractivity contribution is 5.96. The molecule has 3 rings (SSSR count). The molecule has 0 unspecified atom stereocenters. The fraction of sp³-hybridized carbons (Fsp3) is 0.333. The maximum Gasteiger partial charge on any atom is 0.255 e. The Morgan fingerprint density at radius 1 is 1.27 bits per heavy atom. The summed E-state index contributed by atoms with van der Waals surface area (Å²) < 4.78 is 13.9. The monoisotopic (exact) mass is 351 g/mol. The predicted molar refractivity (Wildman–Crippen MR) is 97.9 cm³/mol. The van der Waals surface area contributed by atoms with Gasteiger partial charge in [0.15, 0.2) is 0 Å². The summed E-state index contributed by atoms with van der Waals surface area (Å²) >= 11 is 0. The van der Waals surface area contributed by atoms with Gasteiger partial charge >= 0.3 is 0 Å². The third kappa shape index (κ3) is 3.92. The third-order valence-corrected chi connectivity index (χ3v) is 4.98. The average Bonchev–Trinajstić information content (AvgIpc) is 2.69. The van der Waals surface area contributed by atoms with Crippen LogP contribution in [-0.2, 0) is 6.54 Å². The van der Waals surface area contributed by atoms with E-state index in [2.05, 4.69) is 11.0 Å². The molecule has 0 aliphatic carbocycles. The van der Waals surface area contributed by atoms with Crippen LogP contribution in [0.2, 0.25) is 0 Å². The van der Waals surface area contributed by atoms with Crippen LogP contribution in [0.25, 0.3) is 0 Å². The van der Waals surface area contributed by atoms with E-state index in [0.717, 1.165) is 19.4 Å². The number of piperidine rings is 1. The van der Waals surface area contributed by atoms with E-state index in [9.17, 15) is 14.4 Å². The minimum absolute atomic E-state index is 0.0507. The Labute approximate surface area is 153 Å². The number of amides is 1. The van der Waals surface area contributed by atoms with E-state index in [-0.39, 0.29) is 17.8 Å². The molecular formula is C21H22FN3O. The molecule has 1 fully saturated rings. The van der Waals surface area contributed by atoms with Gasteiger partial charge in [0.25, 0.3) is 5.91 Å². The van der Waals surface area contributed by atoms with Gasteiger partial charge in [-0.2, -0.15) is 5.26 Å². The average molecular weight is 351 g/mol. The lowest BCUT2D eigenvalue weighted by Gasteiger charge is -2.37. The van der Waals surface area contributed by atoms with E-state index in [1.165, 1.54) is 6.07 Å². The van der Waals surface area contributed by atoms with Crippen LogP contribution in [0, 0.1) is 17.1 Å². The normalized spacial score (nSPS) is 17.5. The summed E-state index contributed by atoms with van der Waals surface area (Å²) in [4.78, 5) is 16.8. The molecule has 0 N–H and O–H groups in total. The first-order valence-electron chi connectivity index (χ1n) is 8.82. The molecule has 4 nitrogen and oxygen atoms in total. The lowest BCUT2D eigenvalue weighted by Crippen LogP contribution is -2.48. The van der Waals surface area contributed by atoms with Gasteiger partial charge in [0.1, 0.15) is 5.82 Å². The number of hydrogen-bond donors (Lipinski definition) is 0. The van der Waals surface area contributed by atoms with Crippen molar-refractivity contribution in [2.45, 2.75) is 25.4 Å². The molecule has 26 heavy (non-hydrogen) atoms. The Morgan fingerprint density at radius 2 is 2.00 bits per heavy atom. The molecule has 2 aromatic rings. The maximum absolute atomic E-state index is 13.9. The van der Waals surface area contributed by atoms with Crippen LogP contribution in [0.1, 0.15) is 34.3 Å². The van der Waals surface area contributed by atoms with Gasteiger partial charge in [0.2, 0.25) is 0 Å². The van der Waals surface area contributed by atoms with Gasteiger partial charge in [0, 0.05) is 31.7 Å². The van der Waals surface area contributed by atoms with Gasteiger partial charge in [0.05, 0.1) is 17.2 Å². The highest BCUT2D eigenvalue weighted by atomic mass is 19.1. The number of carbonyl (C=O) groups excluding carboxylic acids is 1. The highest BCUT2D eigenvalue weighted by Crippen LogP contribution is 2.20. The molecule has 1 aliphatic heterocycles. The van der Waals surface area contributed by atoms with Gasteiger partial charge in [-0.25, -0.2) is 4.39 Å². The molecule has 0 spiro atoms. The van der Waals surface area contributed by atoms with Crippen molar-refractivity contribution in [1.29, 1.82) is 5.26 Å². The van der Waals surface area contributed by atoms with Crippen LogP contribution in [0.5, 0.6) is 0 Å². The molecule has 1 saturated heterocycles. The number of rotatable bonds is 4. The second kappa shape index (κ2) is 8.11. The summed E-state index contributed by atoms with van der Waals surface area (Å²) in [6, 6.07) is 15.8. The van der Waals surface area contributed by atoms with E-state index in [0.29, 0.717) is 29.8 Å². The van der Waals surface area contributed by atoms with Gasteiger partial charge in [-0.05, 0) is 37.6 Å². The first-order chi connectivity index (χ1) is 12.6. The molecule has 1 amide bonds. The van der Waals surface area contributed by atoms with Crippen LogP contribution in [-0.4, -0.2) is 41.9 Å².